The molecule has 7 nitrogen and oxygen atoms in total. The Balaban J connectivity index is 1.40. The van der Waals surface area contributed by atoms with Crippen molar-refractivity contribution in [3.63, 3.8) is 0 Å². The van der Waals surface area contributed by atoms with Crippen LogP contribution in [0.5, 0.6) is 5.75 Å². The lowest BCUT2D eigenvalue weighted by Crippen LogP contribution is -2.52. The molecule has 7 heteroatoms. The smallest absolute Gasteiger partial charge is 0.225 e. The van der Waals surface area contributed by atoms with Crippen molar-refractivity contribution >= 4 is 11.9 Å². The molecule has 1 amide bonds. The van der Waals surface area contributed by atoms with E-state index in [1.807, 2.05) is 6.07 Å². The summed E-state index contributed by atoms with van der Waals surface area (Å²) >= 11 is 0. The van der Waals surface area contributed by atoms with E-state index < -0.39 is 0 Å². The monoisotopic (exact) mass is 429 g/mol. The highest BCUT2D eigenvalue weighted by Crippen LogP contribution is 2.27. The van der Waals surface area contributed by atoms with E-state index in [0.717, 1.165) is 69.4 Å². The largest absolute Gasteiger partial charge is 0.496 e. The second-order valence-electron chi connectivity index (χ2n) is 8.76. The van der Waals surface area contributed by atoms with Crippen molar-refractivity contribution in [2.24, 2.45) is 10.9 Å². The number of methoxy groups -OCH3 is 1. The number of carbonyl (C=O) groups excluding carboxylic acids is 1. The molecule has 0 bridgehead atoms. The Hall–Kier alpha value is -2.28. The molecule has 1 aromatic carbocycles. The quantitative estimate of drug-likeness (QED) is 0.515. The maximum Gasteiger partial charge on any atom is 0.225 e. The second kappa shape index (κ2) is 11.4. The summed E-state index contributed by atoms with van der Waals surface area (Å²) in [6.07, 6.45) is 4.60. The number of piperazine rings is 1. The Morgan fingerprint density at radius 1 is 1.23 bits per heavy atom. The normalized spacial score (nSPS) is 19.4. The van der Waals surface area contributed by atoms with Crippen LogP contribution >= 0.6 is 0 Å². The fourth-order valence-electron chi connectivity index (χ4n) is 4.62. The number of ether oxygens (including phenoxy) is 1. The SMILES string of the molecule is CN=C(NCCN1CCN(C(=O)C2CCCC2)CC1)NC(C)c1cc(C)ccc1OC. The van der Waals surface area contributed by atoms with E-state index in [1.165, 1.54) is 18.4 Å². The Morgan fingerprint density at radius 3 is 2.58 bits per heavy atom. The van der Waals surface area contributed by atoms with Gasteiger partial charge in [0.1, 0.15) is 5.75 Å². The van der Waals surface area contributed by atoms with Gasteiger partial charge in [0.2, 0.25) is 5.91 Å². The van der Waals surface area contributed by atoms with Crippen molar-refractivity contribution in [1.82, 2.24) is 20.4 Å². The van der Waals surface area contributed by atoms with Crippen LogP contribution in [-0.2, 0) is 4.79 Å². The maximum atomic E-state index is 12.6. The molecule has 1 unspecified atom stereocenters. The van der Waals surface area contributed by atoms with E-state index in [-0.39, 0.29) is 12.0 Å². The van der Waals surface area contributed by atoms with Gasteiger partial charge < -0.3 is 20.3 Å². The number of nitrogens with zero attached hydrogens (tertiary/aromatic N) is 3. The molecule has 2 N–H and O–H groups in total. The molecule has 1 aliphatic carbocycles. The van der Waals surface area contributed by atoms with Gasteiger partial charge in [-0.05, 0) is 32.8 Å². The molecule has 3 rings (SSSR count). The molecule has 2 aliphatic rings. The minimum atomic E-state index is 0.0752. The second-order valence-corrected chi connectivity index (χ2v) is 8.76. The van der Waals surface area contributed by atoms with Gasteiger partial charge >= 0.3 is 0 Å². The first-order valence-electron chi connectivity index (χ1n) is 11.6. The molecule has 1 aliphatic heterocycles. The van der Waals surface area contributed by atoms with Crippen LogP contribution < -0.4 is 15.4 Å². The molecule has 1 saturated heterocycles. The van der Waals surface area contributed by atoms with E-state index in [0.29, 0.717) is 5.91 Å². The molecule has 1 aromatic rings. The first-order chi connectivity index (χ1) is 15.0. The van der Waals surface area contributed by atoms with E-state index in [2.05, 4.69) is 51.4 Å². The van der Waals surface area contributed by atoms with Gasteiger partial charge in [-0.25, -0.2) is 0 Å². The summed E-state index contributed by atoms with van der Waals surface area (Å²) in [5.74, 6) is 2.34. The van der Waals surface area contributed by atoms with Crippen molar-refractivity contribution in [3.8, 4) is 5.75 Å². The van der Waals surface area contributed by atoms with Crippen LogP contribution in [0.3, 0.4) is 0 Å². The molecule has 2 fully saturated rings. The van der Waals surface area contributed by atoms with Crippen molar-refractivity contribution in [3.05, 3.63) is 29.3 Å². The van der Waals surface area contributed by atoms with Gasteiger partial charge in [-0.15, -0.1) is 0 Å². The molecule has 0 aromatic heterocycles. The van der Waals surface area contributed by atoms with Gasteiger partial charge in [-0.2, -0.15) is 0 Å². The maximum absolute atomic E-state index is 12.6. The summed E-state index contributed by atoms with van der Waals surface area (Å²) in [4.78, 5) is 21.5. The third-order valence-electron chi connectivity index (χ3n) is 6.54. The summed E-state index contributed by atoms with van der Waals surface area (Å²) in [5.41, 5.74) is 2.33. The topological polar surface area (TPSA) is 69.2 Å². The highest BCUT2D eigenvalue weighted by molar-refractivity contribution is 5.80. The van der Waals surface area contributed by atoms with Gasteiger partial charge in [0, 0.05) is 57.8 Å². The molecule has 0 radical (unpaired) electrons. The van der Waals surface area contributed by atoms with Gasteiger partial charge in [-0.1, -0.05) is 30.5 Å². The van der Waals surface area contributed by atoms with Gasteiger partial charge in [0.15, 0.2) is 5.96 Å². The highest BCUT2D eigenvalue weighted by Gasteiger charge is 2.29. The number of aryl methyl sites for hydroxylation is 1. The fraction of sp³-hybridized carbons (Fsp3) is 0.667. The minimum Gasteiger partial charge on any atom is -0.496 e. The molecule has 1 atom stereocenters. The van der Waals surface area contributed by atoms with E-state index in [4.69, 9.17) is 4.74 Å². The number of guanidine groups is 1. The number of rotatable bonds is 7. The minimum absolute atomic E-state index is 0.0752. The first-order valence-corrected chi connectivity index (χ1v) is 11.6. The van der Waals surface area contributed by atoms with Crippen molar-refractivity contribution < 1.29 is 9.53 Å². The van der Waals surface area contributed by atoms with Crippen LogP contribution in [-0.4, -0.2) is 75.1 Å². The average molecular weight is 430 g/mol. The Bertz CT molecular complexity index is 752. The first kappa shape index (κ1) is 23.4. The van der Waals surface area contributed by atoms with E-state index >= 15 is 0 Å². The predicted octanol–water partition coefficient (Wildman–Crippen LogP) is 2.56. The molecule has 1 saturated carbocycles. The average Bonchev–Trinajstić information content (AvgIpc) is 3.33. The van der Waals surface area contributed by atoms with Gasteiger partial charge in [0.25, 0.3) is 0 Å². The van der Waals surface area contributed by atoms with Crippen molar-refractivity contribution in [2.45, 2.75) is 45.6 Å². The summed E-state index contributed by atoms with van der Waals surface area (Å²) in [5, 5.41) is 6.89. The molecular weight excluding hydrogens is 390 g/mol. The molecular formula is C24H39N5O2. The third kappa shape index (κ3) is 6.35. The highest BCUT2D eigenvalue weighted by atomic mass is 16.5. The Kier molecular flexibility index (Phi) is 8.58. The van der Waals surface area contributed by atoms with E-state index in [1.54, 1.807) is 14.2 Å². The van der Waals surface area contributed by atoms with Crippen LogP contribution in [0, 0.1) is 12.8 Å². The summed E-state index contributed by atoms with van der Waals surface area (Å²) < 4.78 is 5.52. The number of aliphatic imine (C=N–C) groups is 1. The molecule has 172 valence electrons. The standard InChI is InChI=1S/C24H39N5O2/c1-18-9-10-22(31-4)21(17-18)19(2)27-24(25-3)26-11-12-28-13-15-29(16-14-28)23(30)20-7-5-6-8-20/h9-10,17,19-20H,5-8,11-16H2,1-4H3,(H2,25,26,27). The molecule has 0 spiro atoms. The van der Waals surface area contributed by atoms with Crippen molar-refractivity contribution in [1.29, 1.82) is 0 Å². The lowest BCUT2D eigenvalue weighted by atomic mass is 10.0. The predicted molar refractivity (Wildman–Crippen MR) is 126 cm³/mol. The Morgan fingerprint density at radius 2 is 1.94 bits per heavy atom. The van der Waals surface area contributed by atoms with Crippen LogP contribution in [0.1, 0.15) is 49.8 Å². The summed E-state index contributed by atoms with van der Waals surface area (Å²) in [6, 6.07) is 6.29. The summed E-state index contributed by atoms with van der Waals surface area (Å²) in [7, 11) is 3.50. The van der Waals surface area contributed by atoms with Gasteiger partial charge in [0.05, 0.1) is 13.2 Å². The van der Waals surface area contributed by atoms with Gasteiger partial charge in [-0.3, -0.25) is 14.7 Å². The van der Waals surface area contributed by atoms with Crippen LogP contribution in [0.2, 0.25) is 0 Å². The lowest BCUT2D eigenvalue weighted by molar-refractivity contribution is -0.137. The van der Waals surface area contributed by atoms with Crippen LogP contribution in [0.15, 0.2) is 23.2 Å². The van der Waals surface area contributed by atoms with E-state index in [9.17, 15) is 4.79 Å². The molecule has 1 heterocycles. The summed E-state index contributed by atoms with van der Waals surface area (Å²) in [6.45, 7) is 9.56. The number of hydrogen-bond acceptors (Lipinski definition) is 4. The van der Waals surface area contributed by atoms with Crippen LogP contribution in [0.25, 0.3) is 0 Å². The number of carbonyl (C=O) groups is 1. The third-order valence-corrected chi connectivity index (χ3v) is 6.54. The number of amides is 1. The number of nitrogens with one attached hydrogen (secondary N) is 2. The lowest BCUT2D eigenvalue weighted by Gasteiger charge is -2.36. The number of hydrogen-bond donors (Lipinski definition) is 2. The van der Waals surface area contributed by atoms with Crippen LogP contribution in [0.4, 0.5) is 0 Å². The zero-order valence-electron chi connectivity index (χ0n) is 19.6. The number of benzene rings is 1. The Labute approximate surface area is 187 Å². The molecule has 31 heavy (non-hydrogen) atoms. The fourth-order valence-corrected chi connectivity index (χ4v) is 4.62. The van der Waals surface area contributed by atoms with Crippen molar-refractivity contribution in [2.75, 3.05) is 53.4 Å². The zero-order chi connectivity index (χ0) is 22.2. The zero-order valence-corrected chi connectivity index (χ0v) is 19.6.